The molecule has 0 amide bonds. The molecule has 6 nitrogen and oxygen atoms in total. The number of benzene rings is 1. The Morgan fingerprint density at radius 2 is 2.00 bits per heavy atom. The van der Waals surface area contributed by atoms with Crippen LogP contribution in [0.4, 0.5) is 11.5 Å². The molecule has 1 unspecified atom stereocenters. The fourth-order valence-corrected chi connectivity index (χ4v) is 3.32. The van der Waals surface area contributed by atoms with Gasteiger partial charge in [-0.3, -0.25) is 4.79 Å². The SMILES string of the molecule is CC(CNCCCNc1cccnc1N)c1ccc(C2(C(=O)O)CC2)cc1. The Bertz CT molecular complexity index is 772. The molecule has 1 heterocycles. The van der Waals surface area contributed by atoms with Gasteiger partial charge in [0.15, 0.2) is 0 Å². The topological polar surface area (TPSA) is 100 Å². The van der Waals surface area contributed by atoms with E-state index >= 15 is 0 Å². The maximum Gasteiger partial charge on any atom is 0.314 e. The van der Waals surface area contributed by atoms with Gasteiger partial charge in [-0.2, -0.15) is 0 Å². The van der Waals surface area contributed by atoms with Crippen molar-refractivity contribution in [3.05, 3.63) is 53.7 Å². The molecule has 1 fully saturated rings. The summed E-state index contributed by atoms with van der Waals surface area (Å²) in [4.78, 5) is 15.5. The van der Waals surface area contributed by atoms with Gasteiger partial charge in [-0.25, -0.2) is 4.98 Å². The van der Waals surface area contributed by atoms with Crippen molar-refractivity contribution < 1.29 is 9.90 Å². The number of nitrogen functional groups attached to an aromatic ring is 1. The van der Waals surface area contributed by atoms with E-state index in [1.54, 1.807) is 6.20 Å². The third-order valence-corrected chi connectivity index (χ3v) is 5.33. The van der Waals surface area contributed by atoms with Crippen LogP contribution in [0.2, 0.25) is 0 Å². The van der Waals surface area contributed by atoms with Gasteiger partial charge in [0, 0.05) is 19.3 Å². The van der Waals surface area contributed by atoms with Gasteiger partial charge < -0.3 is 21.5 Å². The molecule has 0 bridgehead atoms. The van der Waals surface area contributed by atoms with Crippen molar-refractivity contribution in [2.24, 2.45) is 0 Å². The molecule has 2 aromatic rings. The number of anilines is 2. The van der Waals surface area contributed by atoms with Crippen LogP contribution in [0.3, 0.4) is 0 Å². The van der Waals surface area contributed by atoms with Crippen LogP contribution in [0.1, 0.15) is 43.2 Å². The lowest BCUT2D eigenvalue weighted by atomic mass is 9.92. The first-order valence-corrected chi connectivity index (χ1v) is 9.52. The minimum Gasteiger partial charge on any atom is -0.481 e. The Balaban J connectivity index is 1.38. The normalized spacial score (nSPS) is 15.9. The summed E-state index contributed by atoms with van der Waals surface area (Å²) in [6, 6.07) is 11.9. The number of aliphatic carboxylic acids is 1. The highest BCUT2D eigenvalue weighted by Gasteiger charge is 2.51. The van der Waals surface area contributed by atoms with Crippen molar-refractivity contribution in [1.82, 2.24) is 10.3 Å². The van der Waals surface area contributed by atoms with E-state index in [4.69, 9.17) is 5.73 Å². The Morgan fingerprint density at radius 1 is 1.26 bits per heavy atom. The van der Waals surface area contributed by atoms with E-state index < -0.39 is 11.4 Å². The maximum atomic E-state index is 11.4. The molecule has 1 aliphatic carbocycles. The van der Waals surface area contributed by atoms with Gasteiger partial charge in [-0.15, -0.1) is 0 Å². The number of rotatable bonds is 10. The number of hydrogen-bond acceptors (Lipinski definition) is 5. The second-order valence-electron chi connectivity index (χ2n) is 7.33. The van der Waals surface area contributed by atoms with E-state index in [2.05, 4.69) is 34.7 Å². The predicted molar refractivity (Wildman–Crippen MR) is 108 cm³/mol. The molecule has 3 rings (SSSR count). The highest BCUT2D eigenvalue weighted by Crippen LogP contribution is 2.48. The summed E-state index contributed by atoms with van der Waals surface area (Å²) in [6.07, 6.45) is 4.16. The number of hydrogen-bond donors (Lipinski definition) is 4. The van der Waals surface area contributed by atoms with Gasteiger partial charge in [0.05, 0.1) is 11.1 Å². The van der Waals surface area contributed by atoms with Crippen molar-refractivity contribution in [2.45, 2.75) is 37.5 Å². The van der Waals surface area contributed by atoms with E-state index in [1.165, 1.54) is 5.56 Å². The third-order valence-electron chi connectivity index (χ3n) is 5.33. The standard InChI is InChI=1S/C21H28N4O2/c1-15(14-23-11-3-13-24-18-4-2-12-25-19(18)22)16-5-7-17(8-6-16)21(9-10-21)20(26)27/h2,4-8,12,15,23-24H,3,9-11,13-14H2,1H3,(H2,22,25)(H,26,27). The highest BCUT2D eigenvalue weighted by atomic mass is 16.4. The average molecular weight is 368 g/mol. The summed E-state index contributed by atoms with van der Waals surface area (Å²) in [5.41, 5.74) is 8.22. The lowest BCUT2D eigenvalue weighted by molar-refractivity contribution is -0.140. The lowest BCUT2D eigenvalue weighted by Gasteiger charge is -2.16. The van der Waals surface area contributed by atoms with Crippen molar-refractivity contribution in [1.29, 1.82) is 0 Å². The molecule has 0 saturated heterocycles. The van der Waals surface area contributed by atoms with Crippen LogP contribution >= 0.6 is 0 Å². The first-order valence-electron chi connectivity index (χ1n) is 9.52. The molecule has 1 atom stereocenters. The number of nitrogens with zero attached hydrogens (tertiary/aromatic N) is 1. The maximum absolute atomic E-state index is 11.4. The number of carboxylic acids is 1. The van der Waals surface area contributed by atoms with Gasteiger partial charge in [0.2, 0.25) is 0 Å². The molecule has 5 N–H and O–H groups in total. The number of nitrogens with two attached hydrogens (primary N) is 1. The zero-order chi connectivity index (χ0) is 19.3. The second-order valence-corrected chi connectivity index (χ2v) is 7.33. The van der Waals surface area contributed by atoms with Crippen molar-refractivity contribution in [3.63, 3.8) is 0 Å². The van der Waals surface area contributed by atoms with Gasteiger partial charge in [0.1, 0.15) is 5.82 Å². The first kappa shape index (κ1) is 19.2. The van der Waals surface area contributed by atoms with Crippen LogP contribution in [0.25, 0.3) is 0 Å². The quantitative estimate of drug-likeness (QED) is 0.481. The summed E-state index contributed by atoms with van der Waals surface area (Å²) >= 11 is 0. The minimum atomic E-state index is -0.702. The fourth-order valence-electron chi connectivity index (χ4n) is 3.32. The number of nitrogens with one attached hydrogen (secondary N) is 2. The molecular formula is C21H28N4O2. The highest BCUT2D eigenvalue weighted by molar-refractivity contribution is 5.84. The van der Waals surface area contributed by atoms with Crippen LogP contribution in [0.5, 0.6) is 0 Å². The Hall–Kier alpha value is -2.60. The van der Waals surface area contributed by atoms with Gasteiger partial charge in [-0.05, 0) is 55.0 Å². The van der Waals surface area contributed by atoms with E-state index in [1.807, 2.05) is 24.3 Å². The van der Waals surface area contributed by atoms with E-state index in [-0.39, 0.29) is 0 Å². The summed E-state index contributed by atoms with van der Waals surface area (Å²) in [5, 5.41) is 16.2. The molecule has 1 aliphatic rings. The predicted octanol–water partition coefficient (Wildman–Crippen LogP) is 2.98. The minimum absolute atomic E-state index is 0.376. The average Bonchev–Trinajstić information content (AvgIpc) is 3.48. The molecule has 0 radical (unpaired) electrons. The largest absolute Gasteiger partial charge is 0.481 e. The zero-order valence-electron chi connectivity index (χ0n) is 15.7. The second kappa shape index (κ2) is 8.39. The number of aromatic nitrogens is 1. The fraction of sp³-hybridized carbons (Fsp3) is 0.429. The van der Waals surface area contributed by atoms with Gasteiger partial charge in [0.25, 0.3) is 0 Å². The summed E-state index contributed by atoms with van der Waals surface area (Å²) in [7, 11) is 0. The molecule has 0 aliphatic heterocycles. The molecule has 0 spiro atoms. The molecule has 6 heteroatoms. The summed E-state index contributed by atoms with van der Waals surface area (Å²) in [6.45, 7) is 4.82. The van der Waals surface area contributed by atoms with Crippen molar-refractivity contribution in [2.75, 3.05) is 30.7 Å². The number of pyridine rings is 1. The van der Waals surface area contributed by atoms with E-state index in [9.17, 15) is 9.90 Å². The van der Waals surface area contributed by atoms with Gasteiger partial charge in [-0.1, -0.05) is 31.2 Å². The van der Waals surface area contributed by atoms with Crippen LogP contribution in [-0.4, -0.2) is 35.7 Å². The Morgan fingerprint density at radius 3 is 2.63 bits per heavy atom. The molecule has 27 heavy (non-hydrogen) atoms. The summed E-state index contributed by atoms with van der Waals surface area (Å²) < 4.78 is 0. The molecule has 1 aromatic carbocycles. The summed E-state index contributed by atoms with van der Waals surface area (Å²) in [5.74, 6) is 0.200. The number of carbonyl (C=O) groups is 1. The molecule has 144 valence electrons. The van der Waals surface area contributed by atoms with Crippen LogP contribution in [0, 0.1) is 0 Å². The monoisotopic (exact) mass is 368 g/mol. The molecule has 1 aromatic heterocycles. The Kier molecular flexibility index (Phi) is 5.96. The van der Waals surface area contributed by atoms with E-state index in [0.717, 1.165) is 50.1 Å². The van der Waals surface area contributed by atoms with Crippen LogP contribution < -0.4 is 16.4 Å². The smallest absolute Gasteiger partial charge is 0.314 e. The van der Waals surface area contributed by atoms with Crippen molar-refractivity contribution >= 4 is 17.5 Å². The molecule has 1 saturated carbocycles. The van der Waals surface area contributed by atoms with Gasteiger partial charge >= 0.3 is 5.97 Å². The zero-order valence-corrected chi connectivity index (χ0v) is 15.7. The van der Waals surface area contributed by atoms with Crippen LogP contribution in [0.15, 0.2) is 42.6 Å². The first-order chi connectivity index (χ1) is 13.0. The third kappa shape index (κ3) is 4.57. The lowest BCUT2D eigenvalue weighted by Crippen LogP contribution is -2.23. The molecular weight excluding hydrogens is 340 g/mol. The van der Waals surface area contributed by atoms with E-state index in [0.29, 0.717) is 11.7 Å². The van der Waals surface area contributed by atoms with Crippen molar-refractivity contribution in [3.8, 4) is 0 Å². The Labute approximate surface area is 160 Å². The number of carboxylic acid groups (broad SMARTS) is 1. The van der Waals surface area contributed by atoms with Crippen LogP contribution in [-0.2, 0) is 10.2 Å².